The van der Waals surface area contributed by atoms with Gasteiger partial charge in [0, 0.05) is 29.4 Å². The van der Waals surface area contributed by atoms with Crippen molar-refractivity contribution in [2.75, 3.05) is 25.6 Å². The molecule has 2 saturated heterocycles. The highest BCUT2D eigenvalue weighted by atomic mass is 35.5. The van der Waals surface area contributed by atoms with Gasteiger partial charge in [-0.2, -0.15) is 0 Å². The quantitative estimate of drug-likeness (QED) is 0.383. The van der Waals surface area contributed by atoms with E-state index in [1.165, 1.54) is 24.1 Å². The van der Waals surface area contributed by atoms with Crippen molar-refractivity contribution in [2.24, 2.45) is 11.8 Å². The van der Waals surface area contributed by atoms with Crippen molar-refractivity contribution in [1.82, 2.24) is 10.2 Å². The van der Waals surface area contributed by atoms with Crippen LogP contribution in [0.4, 0.5) is 5.69 Å². The van der Waals surface area contributed by atoms with E-state index in [1.807, 2.05) is 0 Å². The molecule has 3 heterocycles. The molecule has 2 aromatic carbocycles. The summed E-state index contributed by atoms with van der Waals surface area (Å²) in [5, 5.41) is 26.1. The highest BCUT2D eigenvalue weighted by Gasteiger charge is 2.70. The molecule has 5 rings (SSSR count). The Bertz CT molecular complexity index is 1190. The molecule has 4 atom stereocenters. The van der Waals surface area contributed by atoms with E-state index < -0.39 is 35.2 Å². The fraction of sp³-hybridized carbons (Fsp3) is 0.348. The number of likely N-dealkylation sites (tertiary alicyclic amines) is 1. The van der Waals surface area contributed by atoms with Gasteiger partial charge in [-0.05, 0) is 42.3 Å². The Labute approximate surface area is 194 Å². The first-order valence-corrected chi connectivity index (χ1v) is 10.9. The van der Waals surface area contributed by atoms with Crippen LogP contribution in [-0.2, 0) is 31.1 Å². The van der Waals surface area contributed by atoms with Crippen molar-refractivity contribution in [3.05, 3.63) is 52.5 Å². The normalized spacial score (nSPS) is 27.9. The van der Waals surface area contributed by atoms with Crippen LogP contribution in [0.15, 0.2) is 36.4 Å². The van der Waals surface area contributed by atoms with Crippen molar-refractivity contribution < 1.29 is 29.3 Å². The zero-order valence-electron chi connectivity index (χ0n) is 17.7. The number of phenols is 2. The average molecular weight is 472 g/mol. The topological polar surface area (TPSA) is 128 Å². The molecule has 0 aliphatic carbocycles. The number of carbonyl (C=O) groups excluding carboxylic acids is 3. The molecule has 0 radical (unpaired) electrons. The Hall–Kier alpha value is -3.14. The first-order valence-electron chi connectivity index (χ1n) is 10.5. The van der Waals surface area contributed by atoms with Crippen LogP contribution in [-0.4, -0.2) is 59.1 Å². The number of fused-ring (bicyclic) bond motifs is 4. The Morgan fingerprint density at radius 1 is 1.09 bits per heavy atom. The number of aromatic hydroxyl groups is 2. The number of carbonyl (C=O) groups is 3. The lowest BCUT2D eigenvalue weighted by molar-refractivity contribution is -0.143. The zero-order valence-corrected chi connectivity index (χ0v) is 18.4. The molecule has 0 bridgehead atoms. The van der Waals surface area contributed by atoms with Gasteiger partial charge in [0.2, 0.25) is 17.7 Å². The predicted octanol–water partition coefficient (Wildman–Crippen LogP) is 1.36. The number of nitrogens with one attached hydrogen (secondary N) is 2. The van der Waals surface area contributed by atoms with Crippen LogP contribution in [0.2, 0.25) is 5.02 Å². The molecule has 0 saturated carbocycles. The average Bonchev–Trinajstić information content (AvgIpc) is 3.34. The molecule has 9 nitrogen and oxygen atoms in total. The van der Waals surface area contributed by atoms with Crippen LogP contribution in [0.1, 0.15) is 11.1 Å². The summed E-state index contributed by atoms with van der Waals surface area (Å²) in [5.74, 6) is -3.54. The molecule has 33 heavy (non-hydrogen) atoms. The lowest BCUT2D eigenvalue weighted by Crippen LogP contribution is -2.53. The van der Waals surface area contributed by atoms with Gasteiger partial charge in [-0.3, -0.25) is 24.6 Å². The van der Waals surface area contributed by atoms with Gasteiger partial charge in [-0.15, -0.1) is 0 Å². The number of phenolic OH excluding ortho intramolecular Hbond substituents is 2. The number of rotatable bonds is 5. The Kier molecular flexibility index (Phi) is 5.08. The highest BCUT2D eigenvalue weighted by molar-refractivity contribution is 6.31. The van der Waals surface area contributed by atoms with Crippen LogP contribution < -0.4 is 10.6 Å². The lowest BCUT2D eigenvalue weighted by atomic mass is 9.76. The number of halogens is 1. The summed E-state index contributed by atoms with van der Waals surface area (Å²) < 4.78 is 5.07. The van der Waals surface area contributed by atoms with Crippen LogP contribution in [0.3, 0.4) is 0 Å². The van der Waals surface area contributed by atoms with Crippen molar-refractivity contribution >= 4 is 35.0 Å². The molecule has 0 aromatic heterocycles. The van der Waals surface area contributed by atoms with E-state index in [-0.39, 0.29) is 37.0 Å². The van der Waals surface area contributed by atoms with E-state index in [0.29, 0.717) is 21.8 Å². The third-order valence-corrected chi connectivity index (χ3v) is 7.02. The monoisotopic (exact) mass is 471 g/mol. The minimum atomic E-state index is -1.46. The first-order chi connectivity index (χ1) is 15.8. The first kappa shape index (κ1) is 21.7. The minimum Gasteiger partial charge on any atom is -0.504 e. The second-order valence-electron chi connectivity index (χ2n) is 8.55. The van der Waals surface area contributed by atoms with Gasteiger partial charge < -0.3 is 20.3 Å². The second kappa shape index (κ2) is 7.72. The largest absolute Gasteiger partial charge is 0.504 e. The van der Waals surface area contributed by atoms with E-state index in [4.69, 9.17) is 16.3 Å². The molecule has 2 aromatic rings. The van der Waals surface area contributed by atoms with Gasteiger partial charge in [0.25, 0.3) is 0 Å². The Balaban J connectivity index is 1.61. The summed E-state index contributed by atoms with van der Waals surface area (Å²) in [6.45, 7) is 0.274. The third-order valence-electron chi connectivity index (χ3n) is 6.78. The van der Waals surface area contributed by atoms with Crippen molar-refractivity contribution in [3.63, 3.8) is 0 Å². The Morgan fingerprint density at radius 3 is 2.61 bits per heavy atom. The van der Waals surface area contributed by atoms with Crippen molar-refractivity contribution in [3.8, 4) is 11.5 Å². The third kappa shape index (κ3) is 3.11. The van der Waals surface area contributed by atoms with Gasteiger partial charge in [0.05, 0.1) is 25.0 Å². The molecule has 3 aliphatic rings. The second-order valence-corrected chi connectivity index (χ2v) is 8.99. The maximum absolute atomic E-state index is 13.5. The summed E-state index contributed by atoms with van der Waals surface area (Å²) in [5.41, 5.74) is 0.247. The van der Waals surface area contributed by atoms with E-state index in [1.54, 1.807) is 24.3 Å². The lowest BCUT2D eigenvalue weighted by Gasteiger charge is -2.29. The number of amides is 3. The van der Waals surface area contributed by atoms with Gasteiger partial charge in [0.15, 0.2) is 11.5 Å². The molecule has 4 N–H and O–H groups in total. The molecule has 3 aliphatic heterocycles. The number of benzene rings is 2. The van der Waals surface area contributed by atoms with Crippen LogP contribution in [0.25, 0.3) is 0 Å². The molecule has 172 valence electrons. The number of methoxy groups -OCH3 is 1. The molecule has 2 fully saturated rings. The zero-order chi connectivity index (χ0) is 23.5. The highest BCUT2D eigenvalue weighted by Crippen LogP contribution is 2.53. The molecule has 10 heteroatoms. The number of ether oxygens (including phenoxy) is 1. The van der Waals surface area contributed by atoms with E-state index in [9.17, 15) is 24.6 Å². The Morgan fingerprint density at radius 2 is 1.88 bits per heavy atom. The predicted molar refractivity (Wildman–Crippen MR) is 118 cm³/mol. The maximum Gasteiger partial charge on any atom is 0.250 e. The number of anilines is 1. The molecule has 4 unspecified atom stereocenters. The number of nitrogens with zero attached hydrogens (tertiary/aromatic N) is 1. The number of hydrogen-bond acceptors (Lipinski definition) is 7. The number of hydrogen-bond donors (Lipinski definition) is 4. The van der Waals surface area contributed by atoms with Crippen molar-refractivity contribution in [1.29, 1.82) is 0 Å². The molecule has 3 amide bonds. The van der Waals surface area contributed by atoms with E-state index in [0.717, 1.165) is 0 Å². The molecular weight excluding hydrogens is 450 g/mol. The van der Waals surface area contributed by atoms with Gasteiger partial charge in [-0.25, -0.2) is 0 Å². The molecular formula is C23H22ClN3O6. The fourth-order valence-corrected chi connectivity index (χ4v) is 5.53. The minimum absolute atomic E-state index is 0.0913. The SMILES string of the molecule is COCCN1C(=O)C2C(Cc3ccc(O)c(O)c3)NC3(C(=O)Nc4ccc(Cl)cc43)C2C1=O. The standard InChI is InChI=1S/C23H22ClN3O6/c1-33-7-6-27-20(30)18-15(8-11-2-5-16(28)17(29)9-11)26-23(19(18)21(27)31)13-10-12(24)3-4-14(13)25-22(23)32/h2-5,9-10,15,18-19,26,28-29H,6-8H2,1H3,(H,25,32). The summed E-state index contributed by atoms with van der Waals surface area (Å²) in [6.07, 6.45) is 0.247. The van der Waals surface area contributed by atoms with Crippen molar-refractivity contribution in [2.45, 2.75) is 18.0 Å². The van der Waals surface area contributed by atoms with Crippen LogP contribution in [0.5, 0.6) is 11.5 Å². The summed E-state index contributed by atoms with van der Waals surface area (Å²) in [7, 11) is 1.48. The molecule has 1 spiro atoms. The van der Waals surface area contributed by atoms with E-state index in [2.05, 4.69) is 10.6 Å². The van der Waals surface area contributed by atoms with Crippen LogP contribution >= 0.6 is 11.6 Å². The van der Waals surface area contributed by atoms with Gasteiger partial charge in [-0.1, -0.05) is 17.7 Å². The summed E-state index contributed by atoms with van der Waals surface area (Å²) in [4.78, 5) is 41.5. The maximum atomic E-state index is 13.5. The summed E-state index contributed by atoms with van der Waals surface area (Å²) >= 11 is 6.24. The van der Waals surface area contributed by atoms with Gasteiger partial charge >= 0.3 is 0 Å². The van der Waals surface area contributed by atoms with E-state index >= 15 is 0 Å². The fourth-order valence-electron chi connectivity index (χ4n) is 5.36. The number of imide groups is 1. The summed E-state index contributed by atoms with van der Waals surface area (Å²) in [6, 6.07) is 8.77. The van der Waals surface area contributed by atoms with Gasteiger partial charge in [0.1, 0.15) is 5.54 Å². The smallest absolute Gasteiger partial charge is 0.250 e. The van der Waals surface area contributed by atoms with Crippen LogP contribution in [0, 0.1) is 11.8 Å².